The molecule has 2 heteroatoms. The minimum atomic E-state index is -0.171. The van der Waals surface area contributed by atoms with Crippen molar-refractivity contribution < 1.29 is 5.11 Å². The van der Waals surface area contributed by atoms with E-state index in [4.69, 9.17) is 0 Å². The summed E-state index contributed by atoms with van der Waals surface area (Å²) >= 11 is 0. The van der Waals surface area contributed by atoms with Crippen LogP contribution in [0.15, 0.2) is 54.6 Å². The van der Waals surface area contributed by atoms with E-state index in [1.54, 1.807) is 0 Å². The fourth-order valence-corrected chi connectivity index (χ4v) is 3.68. The molecule has 0 unspecified atom stereocenters. The minimum Gasteiger partial charge on any atom is -0.392 e. The molecule has 0 amide bonds. The van der Waals surface area contributed by atoms with Crippen molar-refractivity contribution in [3.05, 3.63) is 60.2 Å². The lowest BCUT2D eigenvalue weighted by Gasteiger charge is -2.30. The number of piperidine rings is 1. The standard InChI is InChI=1S/C20H21NO/c22-17-8-5-11-21(13-17)14-20-18-9-3-1-6-15(18)12-16-7-2-4-10-19(16)20/h1-4,6-7,9-10,12,17,22H,5,8,11,13-14H2/t17-/m1/s1. The third kappa shape index (κ3) is 2.49. The van der Waals surface area contributed by atoms with Gasteiger partial charge in [-0.05, 0) is 52.6 Å². The van der Waals surface area contributed by atoms with Gasteiger partial charge in [-0.25, -0.2) is 0 Å². The van der Waals surface area contributed by atoms with Crippen LogP contribution in [0.2, 0.25) is 0 Å². The number of hydrogen-bond acceptors (Lipinski definition) is 2. The quantitative estimate of drug-likeness (QED) is 0.723. The van der Waals surface area contributed by atoms with Crippen molar-refractivity contribution in [2.45, 2.75) is 25.5 Å². The third-order valence-electron chi connectivity index (χ3n) is 4.75. The maximum Gasteiger partial charge on any atom is 0.0667 e. The normalized spacial score (nSPS) is 19.8. The molecule has 3 aromatic rings. The monoisotopic (exact) mass is 291 g/mol. The van der Waals surface area contributed by atoms with Crippen molar-refractivity contribution in [1.82, 2.24) is 4.90 Å². The van der Waals surface area contributed by atoms with Gasteiger partial charge < -0.3 is 5.11 Å². The number of nitrogens with zero attached hydrogens (tertiary/aromatic N) is 1. The zero-order chi connectivity index (χ0) is 14.9. The number of β-amino-alcohol motifs (C(OH)–C–C–N with tert-alkyl or cyclic N) is 1. The summed E-state index contributed by atoms with van der Waals surface area (Å²) in [6, 6.07) is 19.5. The topological polar surface area (TPSA) is 23.5 Å². The van der Waals surface area contributed by atoms with Gasteiger partial charge in [0.1, 0.15) is 0 Å². The van der Waals surface area contributed by atoms with E-state index in [0.29, 0.717) is 0 Å². The molecule has 3 aromatic carbocycles. The fourth-order valence-electron chi connectivity index (χ4n) is 3.68. The smallest absolute Gasteiger partial charge is 0.0667 e. The average molecular weight is 291 g/mol. The van der Waals surface area contributed by atoms with Crippen LogP contribution in [0.5, 0.6) is 0 Å². The number of benzene rings is 3. The molecule has 4 rings (SSSR count). The van der Waals surface area contributed by atoms with Gasteiger partial charge in [0.25, 0.3) is 0 Å². The van der Waals surface area contributed by atoms with Crippen LogP contribution in [-0.4, -0.2) is 29.2 Å². The molecule has 0 bridgehead atoms. The van der Waals surface area contributed by atoms with Gasteiger partial charge in [0, 0.05) is 13.1 Å². The largest absolute Gasteiger partial charge is 0.392 e. The number of aliphatic hydroxyl groups excluding tert-OH is 1. The van der Waals surface area contributed by atoms with Crippen molar-refractivity contribution in [2.24, 2.45) is 0 Å². The molecule has 0 aliphatic carbocycles. The second-order valence-electron chi connectivity index (χ2n) is 6.33. The van der Waals surface area contributed by atoms with E-state index >= 15 is 0 Å². The first-order valence-corrected chi connectivity index (χ1v) is 8.11. The van der Waals surface area contributed by atoms with Gasteiger partial charge in [0.05, 0.1) is 6.10 Å². The molecule has 1 atom stereocenters. The summed E-state index contributed by atoms with van der Waals surface area (Å²) in [6.07, 6.45) is 1.85. The van der Waals surface area contributed by atoms with Crippen LogP contribution < -0.4 is 0 Å². The molecule has 1 aliphatic rings. The highest BCUT2D eigenvalue weighted by atomic mass is 16.3. The van der Waals surface area contributed by atoms with Crippen molar-refractivity contribution in [2.75, 3.05) is 13.1 Å². The second-order valence-corrected chi connectivity index (χ2v) is 6.33. The Hall–Kier alpha value is -1.90. The first-order valence-electron chi connectivity index (χ1n) is 8.11. The summed E-state index contributed by atoms with van der Waals surface area (Å²) in [5.74, 6) is 0. The van der Waals surface area contributed by atoms with Gasteiger partial charge in [-0.3, -0.25) is 4.90 Å². The highest BCUT2D eigenvalue weighted by molar-refractivity contribution is 6.02. The Morgan fingerprint density at radius 1 is 0.955 bits per heavy atom. The van der Waals surface area contributed by atoms with E-state index in [1.807, 2.05) is 0 Å². The molecule has 22 heavy (non-hydrogen) atoms. The summed E-state index contributed by atoms with van der Waals surface area (Å²) in [5, 5.41) is 15.2. The van der Waals surface area contributed by atoms with Gasteiger partial charge in [-0.15, -0.1) is 0 Å². The zero-order valence-corrected chi connectivity index (χ0v) is 12.7. The third-order valence-corrected chi connectivity index (χ3v) is 4.75. The average Bonchev–Trinajstić information content (AvgIpc) is 2.55. The molecule has 1 fully saturated rings. The maximum atomic E-state index is 9.94. The first-order chi connectivity index (χ1) is 10.8. The Morgan fingerprint density at radius 3 is 2.23 bits per heavy atom. The first kappa shape index (κ1) is 13.7. The molecular weight excluding hydrogens is 270 g/mol. The maximum absolute atomic E-state index is 9.94. The Balaban J connectivity index is 1.85. The number of likely N-dealkylation sites (tertiary alicyclic amines) is 1. The van der Waals surface area contributed by atoms with Crippen molar-refractivity contribution >= 4 is 21.5 Å². The van der Waals surface area contributed by atoms with E-state index in [2.05, 4.69) is 59.5 Å². The zero-order valence-electron chi connectivity index (χ0n) is 12.7. The molecule has 0 saturated carbocycles. The number of rotatable bonds is 2. The highest BCUT2D eigenvalue weighted by Gasteiger charge is 2.19. The van der Waals surface area contributed by atoms with Crippen LogP contribution in [0.25, 0.3) is 21.5 Å². The van der Waals surface area contributed by atoms with Gasteiger partial charge in [0.15, 0.2) is 0 Å². The van der Waals surface area contributed by atoms with E-state index in [1.165, 1.54) is 27.1 Å². The molecule has 2 nitrogen and oxygen atoms in total. The van der Waals surface area contributed by atoms with Gasteiger partial charge >= 0.3 is 0 Å². The predicted molar refractivity (Wildman–Crippen MR) is 92.0 cm³/mol. The molecule has 1 aliphatic heterocycles. The van der Waals surface area contributed by atoms with Gasteiger partial charge in [-0.2, -0.15) is 0 Å². The molecule has 1 N–H and O–H groups in total. The van der Waals surface area contributed by atoms with Gasteiger partial charge in [-0.1, -0.05) is 48.5 Å². The summed E-state index contributed by atoms with van der Waals surface area (Å²) in [5.41, 5.74) is 1.39. The van der Waals surface area contributed by atoms with E-state index < -0.39 is 0 Å². The lowest BCUT2D eigenvalue weighted by Crippen LogP contribution is -2.37. The SMILES string of the molecule is O[C@@H]1CCCN(Cc2c3ccccc3cc3ccccc23)C1. The fraction of sp³-hybridized carbons (Fsp3) is 0.300. The molecule has 112 valence electrons. The van der Waals surface area contributed by atoms with Crippen LogP contribution in [-0.2, 0) is 6.54 Å². The molecule has 0 radical (unpaired) electrons. The van der Waals surface area contributed by atoms with Crippen molar-refractivity contribution in [1.29, 1.82) is 0 Å². The summed E-state index contributed by atoms with van der Waals surface area (Å²) in [7, 11) is 0. The Bertz CT molecular complexity index is 757. The lowest BCUT2D eigenvalue weighted by molar-refractivity contribution is 0.0672. The minimum absolute atomic E-state index is 0.171. The molecular formula is C20H21NO. The predicted octanol–water partition coefficient (Wildman–Crippen LogP) is 3.95. The van der Waals surface area contributed by atoms with Crippen LogP contribution in [0.4, 0.5) is 0 Å². The second kappa shape index (κ2) is 5.71. The van der Waals surface area contributed by atoms with E-state index in [-0.39, 0.29) is 6.10 Å². The summed E-state index contributed by atoms with van der Waals surface area (Å²) < 4.78 is 0. The van der Waals surface area contributed by atoms with E-state index in [9.17, 15) is 5.11 Å². The van der Waals surface area contributed by atoms with Crippen LogP contribution in [0, 0.1) is 0 Å². The van der Waals surface area contributed by atoms with Crippen LogP contribution in [0.1, 0.15) is 18.4 Å². The Labute approximate surface area is 131 Å². The van der Waals surface area contributed by atoms with Crippen LogP contribution >= 0.6 is 0 Å². The highest BCUT2D eigenvalue weighted by Crippen LogP contribution is 2.30. The number of fused-ring (bicyclic) bond motifs is 2. The summed E-state index contributed by atoms with van der Waals surface area (Å²) in [4.78, 5) is 2.39. The lowest BCUT2D eigenvalue weighted by atomic mass is 9.96. The summed E-state index contributed by atoms with van der Waals surface area (Å²) in [6.45, 7) is 2.78. The van der Waals surface area contributed by atoms with Crippen LogP contribution in [0.3, 0.4) is 0 Å². The van der Waals surface area contributed by atoms with E-state index in [0.717, 1.165) is 32.5 Å². The molecule has 1 saturated heterocycles. The van der Waals surface area contributed by atoms with Gasteiger partial charge in [0.2, 0.25) is 0 Å². The Kier molecular flexibility index (Phi) is 3.57. The van der Waals surface area contributed by atoms with Crippen molar-refractivity contribution in [3.63, 3.8) is 0 Å². The molecule has 1 heterocycles. The van der Waals surface area contributed by atoms with Crippen molar-refractivity contribution in [3.8, 4) is 0 Å². The number of hydrogen-bond donors (Lipinski definition) is 1. The Morgan fingerprint density at radius 2 is 1.59 bits per heavy atom. The molecule has 0 spiro atoms. The molecule has 0 aromatic heterocycles. The number of aliphatic hydroxyl groups is 1.